The minimum Gasteiger partial charge on any atom is -0.481 e. The monoisotopic (exact) mass is 272 g/mol. The summed E-state index contributed by atoms with van der Waals surface area (Å²) in [6, 6.07) is 8.04. The summed E-state index contributed by atoms with van der Waals surface area (Å²) in [5.41, 5.74) is 2.85. The summed E-state index contributed by atoms with van der Waals surface area (Å²) in [6.45, 7) is 3.83. The highest BCUT2D eigenvalue weighted by Crippen LogP contribution is 2.30. The van der Waals surface area contributed by atoms with E-state index in [1.165, 1.54) is 0 Å². The lowest BCUT2D eigenvalue weighted by Gasteiger charge is -2.35. The Labute approximate surface area is 119 Å². The van der Waals surface area contributed by atoms with Crippen molar-refractivity contribution >= 4 is 11.7 Å². The van der Waals surface area contributed by atoms with E-state index in [9.17, 15) is 10.1 Å². The number of nitrogens with zero attached hydrogens (tertiary/aromatic N) is 2. The van der Waals surface area contributed by atoms with E-state index in [0.717, 1.165) is 43.6 Å². The summed E-state index contributed by atoms with van der Waals surface area (Å²) >= 11 is 0. The van der Waals surface area contributed by atoms with E-state index in [1.807, 2.05) is 25.1 Å². The maximum atomic E-state index is 10.7. The van der Waals surface area contributed by atoms with Crippen molar-refractivity contribution in [1.82, 2.24) is 0 Å². The van der Waals surface area contributed by atoms with Gasteiger partial charge in [0.15, 0.2) is 0 Å². The van der Waals surface area contributed by atoms with Crippen LogP contribution in [0.25, 0.3) is 0 Å². The van der Waals surface area contributed by atoms with Gasteiger partial charge < -0.3 is 10.0 Å². The Morgan fingerprint density at radius 1 is 1.55 bits per heavy atom. The van der Waals surface area contributed by atoms with Crippen LogP contribution in [0.15, 0.2) is 18.2 Å². The van der Waals surface area contributed by atoms with Crippen LogP contribution in [0.5, 0.6) is 0 Å². The molecule has 4 nitrogen and oxygen atoms in total. The summed E-state index contributed by atoms with van der Waals surface area (Å²) in [5.74, 6) is -0.318. The molecule has 0 spiro atoms. The number of nitriles is 1. The predicted molar refractivity (Wildman–Crippen MR) is 77.7 cm³/mol. The molecule has 0 amide bonds. The van der Waals surface area contributed by atoms with Crippen molar-refractivity contribution in [2.75, 3.05) is 18.0 Å². The van der Waals surface area contributed by atoms with Crippen LogP contribution >= 0.6 is 0 Å². The summed E-state index contributed by atoms with van der Waals surface area (Å²) in [4.78, 5) is 12.9. The molecule has 1 saturated heterocycles. The number of aliphatic carboxylic acids is 1. The average molecular weight is 272 g/mol. The molecule has 4 heteroatoms. The predicted octanol–water partition coefficient (Wildman–Crippen LogP) is 2.95. The Morgan fingerprint density at radius 2 is 2.35 bits per heavy atom. The van der Waals surface area contributed by atoms with Gasteiger partial charge in [-0.25, -0.2) is 0 Å². The van der Waals surface area contributed by atoms with Crippen molar-refractivity contribution in [3.05, 3.63) is 29.3 Å². The molecule has 0 aromatic heterocycles. The minimum atomic E-state index is -0.726. The minimum absolute atomic E-state index is 0.234. The SMILES string of the molecule is Cc1cccc(C#N)c1N1CCCC(CCC(=O)O)C1. The molecule has 1 aromatic rings. The summed E-state index contributed by atoms with van der Waals surface area (Å²) in [7, 11) is 0. The van der Waals surface area contributed by atoms with Crippen LogP contribution in [0.4, 0.5) is 5.69 Å². The molecule has 20 heavy (non-hydrogen) atoms. The quantitative estimate of drug-likeness (QED) is 0.915. The van der Waals surface area contributed by atoms with E-state index in [1.54, 1.807) is 0 Å². The third-order valence-corrected chi connectivity index (χ3v) is 3.96. The van der Waals surface area contributed by atoms with Crippen molar-refractivity contribution in [3.63, 3.8) is 0 Å². The van der Waals surface area contributed by atoms with Crippen molar-refractivity contribution in [2.45, 2.75) is 32.6 Å². The van der Waals surface area contributed by atoms with Gasteiger partial charge in [-0.05, 0) is 43.7 Å². The highest BCUT2D eigenvalue weighted by molar-refractivity contribution is 5.67. The fraction of sp³-hybridized carbons (Fsp3) is 0.500. The van der Waals surface area contributed by atoms with Crippen molar-refractivity contribution in [3.8, 4) is 6.07 Å². The first kappa shape index (κ1) is 14.4. The summed E-state index contributed by atoms with van der Waals surface area (Å²) in [6.07, 6.45) is 3.10. The highest BCUT2D eigenvalue weighted by atomic mass is 16.4. The van der Waals surface area contributed by atoms with E-state index in [4.69, 9.17) is 5.11 Å². The molecule has 1 aliphatic rings. The second kappa shape index (κ2) is 6.42. The van der Waals surface area contributed by atoms with Crippen molar-refractivity contribution < 1.29 is 9.90 Å². The molecule has 1 unspecified atom stereocenters. The molecule has 106 valence electrons. The first-order chi connectivity index (χ1) is 9.61. The normalized spacial score (nSPS) is 18.6. The largest absolute Gasteiger partial charge is 0.481 e. The number of piperidine rings is 1. The molecular formula is C16H20N2O2. The van der Waals surface area contributed by atoms with Gasteiger partial charge >= 0.3 is 5.97 Å². The lowest BCUT2D eigenvalue weighted by Crippen LogP contribution is -2.36. The molecule has 1 aromatic carbocycles. The summed E-state index contributed by atoms with van der Waals surface area (Å²) in [5, 5.41) is 18.1. The summed E-state index contributed by atoms with van der Waals surface area (Å²) < 4.78 is 0. The zero-order valence-electron chi connectivity index (χ0n) is 11.8. The molecular weight excluding hydrogens is 252 g/mol. The third kappa shape index (κ3) is 3.30. The van der Waals surface area contributed by atoms with Crippen molar-refractivity contribution in [2.24, 2.45) is 5.92 Å². The second-order valence-electron chi connectivity index (χ2n) is 5.47. The van der Waals surface area contributed by atoms with Gasteiger partial charge in [0, 0.05) is 19.5 Å². The first-order valence-electron chi connectivity index (χ1n) is 7.08. The molecule has 0 radical (unpaired) electrons. The maximum absolute atomic E-state index is 10.7. The fourth-order valence-electron chi connectivity index (χ4n) is 3.00. The second-order valence-corrected chi connectivity index (χ2v) is 5.47. The van der Waals surface area contributed by atoms with Gasteiger partial charge in [-0.2, -0.15) is 5.26 Å². The lowest BCUT2D eigenvalue weighted by atomic mass is 9.92. The zero-order valence-corrected chi connectivity index (χ0v) is 11.8. The van der Waals surface area contributed by atoms with Gasteiger partial charge in [-0.1, -0.05) is 12.1 Å². The number of aryl methyl sites for hydroxylation is 1. The molecule has 0 saturated carbocycles. The van der Waals surface area contributed by atoms with Crippen molar-refractivity contribution in [1.29, 1.82) is 5.26 Å². The van der Waals surface area contributed by atoms with Gasteiger partial charge in [0.2, 0.25) is 0 Å². The third-order valence-electron chi connectivity index (χ3n) is 3.96. The van der Waals surface area contributed by atoms with Gasteiger partial charge in [-0.3, -0.25) is 4.79 Å². The highest BCUT2D eigenvalue weighted by Gasteiger charge is 2.23. The van der Waals surface area contributed by atoms with E-state index >= 15 is 0 Å². The van der Waals surface area contributed by atoms with Gasteiger partial charge in [0.1, 0.15) is 6.07 Å². The Morgan fingerprint density at radius 3 is 3.05 bits per heavy atom. The molecule has 0 bridgehead atoms. The molecule has 2 rings (SSSR count). The molecule has 1 atom stereocenters. The fourth-order valence-corrected chi connectivity index (χ4v) is 3.00. The Balaban J connectivity index is 2.13. The number of hydrogen-bond acceptors (Lipinski definition) is 3. The number of benzene rings is 1. The topological polar surface area (TPSA) is 64.3 Å². The molecule has 0 aliphatic carbocycles. The number of carboxylic acid groups (broad SMARTS) is 1. The Bertz CT molecular complexity index is 534. The first-order valence-corrected chi connectivity index (χ1v) is 7.08. The smallest absolute Gasteiger partial charge is 0.303 e. The van der Waals surface area contributed by atoms with E-state index in [-0.39, 0.29) is 6.42 Å². The molecule has 1 aliphatic heterocycles. The zero-order chi connectivity index (χ0) is 14.5. The number of para-hydroxylation sites is 1. The number of anilines is 1. The number of carbonyl (C=O) groups is 1. The van der Waals surface area contributed by atoms with Crippen LogP contribution in [-0.2, 0) is 4.79 Å². The van der Waals surface area contributed by atoms with Crippen LogP contribution in [0.1, 0.15) is 36.8 Å². The van der Waals surface area contributed by atoms with Crippen LogP contribution in [0.2, 0.25) is 0 Å². The number of carboxylic acids is 1. The van der Waals surface area contributed by atoms with Gasteiger partial charge in [0.25, 0.3) is 0 Å². The van der Waals surface area contributed by atoms with Gasteiger partial charge in [-0.15, -0.1) is 0 Å². The van der Waals surface area contributed by atoms with Gasteiger partial charge in [0.05, 0.1) is 11.3 Å². The standard InChI is InChI=1S/C16H20N2O2/c1-12-4-2-6-14(10-17)16(12)18-9-3-5-13(11-18)7-8-15(19)20/h2,4,6,13H,3,5,7-9,11H2,1H3,(H,19,20). The number of hydrogen-bond donors (Lipinski definition) is 1. The van der Waals surface area contributed by atoms with E-state index in [2.05, 4.69) is 11.0 Å². The number of rotatable bonds is 4. The lowest BCUT2D eigenvalue weighted by molar-refractivity contribution is -0.137. The Kier molecular flexibility index (Phi) is 4.62. The average Bonchev–Trinajstić information content (AvgIpc) is 2.45. The maximum Gasteiger partial charge on any atom is 0.303 e. The Hall–Kier alpha value is -2.02. The molecule has 1 heterocycles. The van der Waals surface area contributed by atoms with Crippen LogP contribution in [-0.4, -0.2) is 24.2 Å². The van der Waals surface area contributed by atoms with Crippen LogP contribution in [0, 0.1) is 24.2 Å². The van der Waals surface area contributed by atoms with Crippen LogP contribution < -0.4 is 4.90 Å². The van der Waals surface area contributed by atoms with E-state index in [0.29, 0.717) is 11.5 Å². The molecule has 1 fully saturated rings. The van der Waals surface area contributed by atoms with E-state index < -0.39 is 5.97 Å². The van der Waals surface area contributed by atoms with Crippen LogP contribution in [0.3, 0.4) is 0 Å². The molecule has 1 N–H and O–H groups in total.